The lowest BCUT2D eigenvalue weighted by Crippen LogP contribution is -2.19. The molecule has 5 heteroatoms. The van der Waals surface area contributed by atoms with Crippen molar-refractivity contribution in [2.24, 2.45) is 5.92 Å². The zero-order chi connectivity index (χ0) is 13.1. The lowest BCUT2D eigenvalue weighted by atomic mass is 10.2. The molecule has 1 saturated carbocycles. The average molecular weight is 261 g/mol. The molecule has 2 N–H and O–H groups in total. The van der Waals surface area contributed by atoms with Gasteiger partial charge in [0.1, 0.15) is 5.82 Å². The molecule has 1 aliphatic heterocycles. The minimum atomic E-state index is 0.113. The van der Waals surface area contributed by atoms with Crippen LogP contribution in [0.3, 0.4) is 0 Å². The monoisotopic (exact) mass is 261 g/mol. The van der Waals surface area contributed by atoms with Gasteiger partial charge < -0.3 is 15.4 Å². The van der Waals surface area contributed by atoms with Crippen LogP contribution < -0.4 is 10.6 Å². The number of carbonyl (C=O) groups excluding carboxylic acids is 1. The fourth-order valence-electron chi connectivity index (χ4n) is 2.19. The second-order valence-corrected chi connectivity index (χ2v) is 5.21. The molecular formula is C14H19N3O2. The number of nitrogens with zero attached hydrogens (tertiary/aromatic N) is 1. The third-order valence-corrected chi connectivity index (χ3v) is 3.51. The van der Waals surface area contributed by atoms with Gasteiger partial charge >= 0.3 is 0 Å². The molecule has 1 amide bonds. The molecule has 5 nitrogen and oxygen atoms in total. The van der Waals surface area contributed by atoms with Crippen molar-refractivity contribution in [1.29, 1.82) is 0 Å². The van der Waals surface area contributed by atoms with Crippen molar-refractivity contribution in [3.05, 3.63) is 18.3 Å². The Morgan fingerprint density at radius 3 is 2.89 bits per heavy atom. The highest BCUT2D eigenvalue weighted by Gasteiger charge is 2.29. The molecule has 1 saturated heterocycles. The summed E-state index contributed by atoms with van der Waals surface area (Å²) in [5.41, 5.74) is 0.763. The minimum Gasteiger partial charge on any atom is -0.376 e. The van der Waals surface area contributed by atoms with Gasteiger partial charge in [-0.2, -0.15) is 0 Å². The van der Waals surface area contributed by atoms with Crippen LogP contribution >= 0.6 is 0 Å². The van der Waals surface area contributed by atoms with Crippen LogP contribution in [0.25, 0.3) is 0 Å². The highest BCUT2D eigenvalue weighted by Crippen LogP contribution is 2.30. The summed E-state index contributed by atoms with van der Waals surface area (Å²) in [5, 5.41) is 6.13. The Hall–Kier alpha value is -1.62. The summed E-state index contributed by atoms with van der Waals surface area (Å²) in [6.07, 6.45) is 6.28. The van der Waals surface area contributed by atoms with Crippen molar-refractivity contribution in [3.63, 3.8) is 0 Å². The molecule has 0 radical (unpaired) electrons. The molecule has 19 heavy (non-hydrogen) atoms. The Morgan fingerprint density at radius 1 is 1.37 bits per heavy atom. The average Bonchev–Trinajstić information content (AvgIpc) is 3.16. The molecule has 0 bridgehead atoms. The van der Waals surface area contributed by atoms with Gasteiger partial charge in [0.05, 0.1) is 18.0 Å². The van der Waals surface area contributed by atoms with Crippen molar-refractivity contribution >= 4 is 17.4 Å². The lowest BCUT2D eigenvalue weighted by Gasteiger charge is -2.11. The summed E-state index contributed by atoms with van der Waals surface area (Å²) in [6.45, 7) is 1.66. The molecule has 3 rings (SSSR count). The number of hydrogen-bond donors (Lipinski definition) is 2. The third-order valence-electron chi connectivity index (χ3n) is 3.51. The fourth-order valence-corrected chi connectivity index (χ4v) is 2.19. The first-order valence-corrected chi connectivity index (χ1v) is 6.93. The standard InChI is InChI=1S/C14H19N3O2/c18-14(10-3-4-10)17-11-5-6-13(15-8-11)16-9-12-2-1-7-19-12/h5-6,8,10,12H,1-4,7,9H2,(H,15,16)(H,17,18). The Balaban J connectivity index is 1.48. The van der Waals surface area contributed by atoms with E-state index in [9.17, 15) is 4.79 Å². The number of hydrogen-bond acceptors (Lipinski definition) is 4. The Morgan fingerprint density at radius 2 is 2.26 bits per heavy atom. The molecule has 0 spiro atoms. The van der Waals surface area contributed by atoms with Crippen LogP contribution in [0.5, 0.6) is 0 Å². The number of ether oxygens (including phenoxy) is 1. The zero-order valence-corrected chi connectivity index (χ0v) is 10.9. The van der Waals surface area contributed by atoms with E-state index in [1.165, 1.54) is 0 Å². The molecule has 2 heterocycles. The molecule has 0 aromatic carbocycles. The maximum Gasteiger partial charge on any atom is 0.227 e. The summed E-state index contributed by atoms with van der Waals surface area (Å²) < 4.78 is 5.54. The van der Waals surface area contributed by atoms with Gasteiger partial charge in [0, 0.05) is 19.1 Å². The largest absolute Gasteiger partial charge is 0.376 e. The maximum atomic E-state index is 11.6. The van der Waals surface area contributed by atoms with E-state index in [1.54, 1.807) is 6.20 Å². The van der Waals surface area contributed by atoms with Gasteiger partial charge in [-0.3, -0.25) is 4.79 Å². The third kappa shape index (κ3) is 3.44. The van der Waals surface area contributed by atoms with Gasteiger partial charge in [0.15, 0.2) is 0 Å². The van der Waals surface area contributed by atoms with Crippen molar-refractivity contribution < 1.29 is 9.53 Å². The predicted molar refractivity (Wildman–Crippen MR) is 73.1 cm³/mol. The zero-order valence-electron chi connectivity index (χ0n) is 10.9. The topological polar surface area (TPSA) is 63.2 Å². The SMILES string of the molecule is O=C(Nc1ccc(NCC2CCCO2)nc1)C1CC1. The number of pyridine rings is 1. The number of carbonyl (C=O) groups is 1. The molecule has 2 fully saturated rings. The second kappa shape index (κ2) is 5.57. The fraction of sp³-hybridized carbons (Fsp3) is 0.571. The maximum absolute atomic E-state index is 11.6. The Kier molecular flexibility index (Phi) is 3.64. The van der Waals surface area contributed by atoms with Crippen LogP contribution in [0.15, 0.2) is 18.3 Å². The van der Waals surface area contributed by atoms with E-state index < -0.39 is 0 Å². The van der Waals surface area contributed by atoms with E-state index in [-0.39, 0.29) is 11.8 Å². The molecule has 102 valence electrons. The van der Waals surface area contributed by atoms with Gasteiger partial charge in [0.2, 0.25) is 5.91 Å². The van der Waals surface area contributed by atoms with Crippen LogP contribution in [0, 0.1) is 5.92 Å². The van der Waals surface area contributed by atoms with Gasteiger partial charge in [-0.05, 0) is 37.8 Å². The minimum absolute atomic E-state index is 0.113. The number of aromatic nitrogens is 1. The lowest BCUT2D eigenvalue weighted by molar-refractivity contribution is -0.117. The first-order chi connectivity index (χ1) is 9.31. The molecule has 1 unspecified atom stereocenters. The first-order valence-electron chi connectivity index (χ1n) is 6.93. The number of rotatable bonds is 5. The van der Waals surface area contributed by atoms with Gasteiger partial charge in [-0.25, -0.2) is 4.98 Å². The van der Waals surface area contributed by atoms with E-state index in [4.69, 9.17) is 4.74 Å². The molecule has 1 atom stereocenters. The number of nitrogens with one attached hydrogen (secondary N) is 2. The van der Waals surface area contributed by atoms with Crippen LogP contribution in [0.2, 0.25) is 0 Å². The molecule has 1 aliphatic carbocycles. The van der Waals surface area contributed by atoms with E-state index in [0.29, 0.717) is 6.10 Å². The quantitative estimate of drug-likeness (QED) is 0.851. The number of amides is 1. The van der Waals surface area contributed by atoms with E-state index in [0.717, 1.165) is 50.3 Å². The van der Waals surface area contributed by atoms with E-state index in [1.807, 2.05) is 12.1 Å². The van der Waals surface area contributed by atoms with Crippen LogP contribution in [0.1, 0.15) is 25.7 Å². The van der Waals surface area contributed by atoms with Crippen LogP contribution in [-0.2, 0) is 9.53 Å². The number of anilines is 2. The molecular weight excluding hydrogens is 242 g/mol. The van der Waals surface area contributed by atoms with Gasteiger partial charge in [-0.15, -0.1) is 0 Å². The molecule has 2 aliphatic rings. The Bertz CT molecular complexity index is 437. The Labute approximate surface area is 112 Å². The van der Waals surface area contributed by atoms with Crippen molar-refractivity contribution in [2.75, 3.05) is 23.8 Å². The smallest absolute Gasteiger partial charge is 0.227 e. The van der Waals surface area contributed by atoms with E-state index in [2.05, 4.69) is 15.6 Å². The highest BCUT2D eigenvalue weighted by atomic mass is 16.5. The van der Waals surface area contributed by atoms with E-state index >= 15 is 0 Å². The highest BCUT2D eigenvalue weighted by molar-refractivity contribution is 5.93. The summed E-state index contributed by atoms with van der Waals surface area (Å²) in [4.78, 5) is 15.9. The van der Waals surface area contributed by atoms with Gasteiger partial charge in [-0.1, -0.05) is 0 Å². The summed E-state index contributed by atoms with van der Waals surface area (Å²) >= 11 is 0. The second-order valence-electron chi connectivity index (χ2n) is 5.21. The normalized spacial score (nSPS) is 22.2. The first kappa shape index (κ1) is 12.4. The summed E-state index contributed by atoms with van der Waals surface area (Å²) in [7, 11) is 0. The summed E-state index contributed by atoms with van der Waals surface area (Å²) in [5.74, 6) is 1.15. The van der Waals surface area contributed by atoms with Gasteiger partial charge in [0.25, 0.3) is 0 Å². The molecule has 1 aromatic heterocycles. The molecule has 1 aromatic rings. The van der Waals surface area contributed by atoms with Crippen molar-refractivity contribution in [1.82, 2.24) is 4.98 Å². The van der Waals surface area contributed by atoms with Crippen LogP contribution in [-0.4, -0.2) is 30.1 Å². The summed E-state index contributed by atoms with van der Waals surface area (Å²) in [6, 6.07) is 3.77. The van der Waals surface area contributed by atoms with Crippen molar-refractivity contribution in [2.45, 2.75) is 31.8 Å². The predicted octanol–water partition coefficient (Wildman–Crippen LogP) is 2.02. The van der Waals surface area contributed by atoms with Crippen LogP contribution in [0.4, 0.5) is 11.5 Å². The van der Waals surface area contributed by atoms with Crippen molar-refractivity contribution in [3.8, 4) is 0 Å².